The second kappa shape index (κ2) is 10.9. The van der Waals surface area contributed by atoms with Crippen molar-refractivity contribution >= 4 is 29.1 Å². The summed E-state index contributed by atoms with van der Waals surface area (Å²) in [6.45, 7) is 2.34. The molecule has 7 nitrogen and oxygen atoms in total. The SMILES string of the molecule is O=C(Nc1cc(-c2cccc(NCC3CCOCC3)n2)c(Cl)cn1)[C@@H]1CNC[C@@H](C(F)(F)F)C1. The number of alkyl halides is 3. The number of piperidine rings is 1. The maximum absolute atomic E-state index is 13.1. The van der Waals surface area contributed by atoms with Crippen LogP contribution >= 0.6 is 11.6 Å². The van der Waals surface area contributed by atoms with Crippen molar-refractivity contribution in [3.63, 3.8) is 0 Å². The van der Waals surface area contributed by atoms with Gasteiger partial charge in [0.25, 0.3) is 0 Å². The molecule has 0 radical (unpaired) electrons. The zero-order chi connectivity index (χ0) is 24.1. The van der Waals surface area contributed by atoms with Crippen molar-refractivity contribution in [1.29, 1.82) is 0 Å². The van der Waals surface area contributed by atoms with E-state index in [1.165, 1.54) is 6.20 Å². The third-order valence-corrected chi connectivity index (χ3v) is 6.53. The number of nitrogens with zero attached hydrogens (tertiary/aromatic N) is 2. The van der Waals surface area contributed by atoms with Crippen molar-refractivity contribution < 1.29 is 22.7 Å². The van der Waals surface area contributed by atoms with Gasteiger partial charge in [-0.25, -0.2) is 9.97 Å². The number of pyridine rings is 2. The number of rotatable bonds is 6. The van der Waals surface area contributed by atoms with E-state index >= 15 is 0 Å². The minimum atomic E-state index is -4.34. The fourth-order valence-corrected chi connectivity index (χ4v) is 4.41. The van der Waals surface area contributed by atoms with E-state index in [9.17, 15) is 18.0 Å². The Hall–Kier alpha value is -2.43. The normalized spacial score (nSPS) is 21.8. The molecular formula is C23H27ClF3N5O2. The molecule has 11 heteroatoms. The van der Waals surface area contributed by atoms with Gasteiger partial charge in [-0.05, 0) is 43.4 Å². The smallest absolute Gasteiger partial charge is 0.381 e. The van der Waals surface area contributed by atoms with E-state index in [0.29, 0.717) is 28.0 Å². The summed E-state index contributed by atoms with van der Waals surface area (Å²) in [5.41, 5.74) is 1.16. The summed E-state index contributed by atoms with van der Waals surface area (Å²) in [5.74, 6) is -1.43. The number of halogens is 4. The highest BCUT2D eigenvalue weighted by molar-refractivity contribution is 6.33. The van der Waals surface area contributed by atoms with Gasteiger partial charge < -0.3 is 20.7 Å². The van der Waals surface area contributed by atoms with Crippen LogP contribution in [-0.2, 0) is 9.53 Å². The molecule has 184 valence electrons. The average Bonchev–Trinajstić information content (AvgIpc) is 2.84. The van der Waals surface area contributed by atoms with Crippen LogP contribution < -0.4 is 16.0 Å². The Morgan fingerprint density at radius 2 is 2.00 bits per heavy atom. The molecule has 4 rings (SSSR count). The molecule has 2 aromatic rings. The average molecular weight is 498 g/mol. The number of anilines is 2. The van der Waals surface area contributed by atoms with Crippen molar-refractivity contribution in [1.82, 2.24) is 15.3 Å². The maximum Gasteiger partial charge on any atom is 0.393 e. The lowest BCUT2D eigenvalue weighted by molar-refractivity contribution is -0.181. The summed E-state index contributed by atoms with van der Waals surface area (Å²) in [6, 6.07) is 7.11. The molecule has 2 saturated heterocycles. The number of hydrogen-bond donors (Lipinski definition) is 3. The first-order valence-electron chi connectivity index (χ1n) is 11.3. The van der Waals surface area contributed by atoms with Crippen molar-refractivity contribution in [3.05, 3.63) is 35.5 Å². The van der Waals surface area contributed by atoms with Crippen LogP contribution in [-0.4, -0.2) is 54.9 Å². The standard InChI is InChI=1S/C23H27ClF3N5O2/c24-18-13-30-21(32-22(33)15-8-16(12-28-11-15)23(25,26)27)9-17(18)19-2-1-3-20(31-19)29-10-14-4-6-34-7-5-14/h1-3,9,13-16,28H,4-8,10-12H2,(H,29,31)(H,30,32,33)/t15-,16-/m0/s1. The number of hydrogen-bond acceptors (Lipinski definition) is 6. The van der Waals surface area contributed by atoms with E-state index in [-0.39, 0.29) is 25.3 Å². The molecule has 2 aliphatic heterocycles. The van der Waals surface area contributed by atoms with Gasteiger partial charge in [0, 0.05) is 44.6 Å². The van der Waals surface area contributed by atoms with Crippen molar-refractivity contribution in [2.45, 2.75) is 25.4 Å². The zero-order valence-corrected chi connectivity index (χ0v) is 19.3. The minimum absolute atomic E-state index is 0.179. The van der Waals surface area contributed by atoms with Gasteiger partial charge in [0.05, 0.1) is 22.6 Å². The number of ether oxygens (including phenoxy) is 1. The topological polar surface area (TPSA) is 88.2 Å². The van der Waals surface area contributed by atoms with Crippen LogP contribution in [0.15, 0.2) is 30.5 Å². The monoisotopic (exact) mass is 497 g/mol. The van der Waals surface area contributed by atoms with E-state index < -0.39 is 23.9 Å². The molecule has 0 aliphatic carbocycles. The minimum Gasteiger partial charge on any atom is -0.381 e. The van der Waals surface area contributed by atoms with Crippen LogP contribution in [0, 0.1) is 17.8 Å². The van der Waals surface area contributed by atoms with Gasteiger partial charge in [-0.2, -0.15) is 13.2 Å². The van der Waals surface area contributed by atoms with E-state index in [4.69, 9.17) is 16.3 Å². The van der Waals surface area contributed by atoms with Crippen LogP contribution in [0.3, 0.4) is 0 Å². The molecule has 34 heavy (non-hydrogen) atoms. The van der Waals surface area contributed by atoms with Gasteiger partial charge in [0.2, 0.25) is 5.91 Å². The first-order chi connectivity index (χ1) is 16.3. The summed E-state index contributed by atoms with van der Waals surface area (Å²) >= 11 is 6.35. The van der Waals surface area contributed by atoms with Gasteiger partial charge in [-0.3, -0.25) is 4.79 Å². The lowest BCUT2D eigenvalue weighted by atomic mass is 9.89. The molecule has 3 N–H and O–H groups in total. The molecule has 0 aromatic carbocycles. The molecule has 0 bridgehead atoms. The number of aromatic nitrogens is 2. The molecule has 1 amide bonds. The highest BCUT2D eigenvalue weighted by Gasteiger charge is 2.43. The highest BCUT2D eigenvalue weighted by Crippen LogP contribution is 2.34. The summed E-state index contributed by atoms with van der Waals surface area (Å²) in [7, 11) is 0. The Morgan fingerprint density at radius 3 is 2.76 bits per heavy atom. The Balaban J connectivity index is 1.43. The molecule has 2 aliphatic rings. The van der Waals surface area contributed by atoms with Crippen molar-refractivity contribution in [2.24, 2.45) is 17.8 Å². The molecular weight excluding hydrogens is 471 g/mol. The van der Waals surface area contributed by atoms with E-state index in [1.54, 1.807) is 12.1 Å². The van der Waals surface area contributed by atoms with Crippen LogP contribution in [0.1, 0.15) is 19.3 Å². The van der Waals surface area contributed by atoms with Gasteiger partial charge in [-0.15, -0.1) is 0 Å². The first-order valence-corrected chi connectivity index (χ1v) is 11.7. The third kappa shape index (κ3) is 6.37. The largest absolute Gasteiger partial charge is 0.393 e. The predicted molar refractivity (Wildman–Crippen MR) is 124 cm³/mol. The molecule has 2 atom stereocenters. The Kier molecular flexibility index (Phi) is 7.90. The second-order valence-corrected chi connectivity index (χ2v) is 9.12. The molecule has 0 saturated carbocycles. The molecule has 2 aromatic heterocycles. The van der Waals surface area contributed by atoms with Crippen LogP contribution in [0.4, 0.5) is 24.8 Å². The van der Waals surface area contributed by atoms with Crippen molar-refractivity contribution in [3.8, 4) is 11.3 Å². The lowest BCUT2D eigenvalue weighted by Gasteiger charge is -2.30. The zero-order valence-electron chi connectivity index (χ0n) is 18.5. The van der Waals surface area contributed by atoms with E-state index in [0.717, 1.165) is 32.6 Å². The fraction of sp³-hybridized carbons (Fsp3) is 0.522. The molecule has 4 heterocycles. The van der Waals surface area contributed by atoms with Crippen molar-refractivity contribution in [2.75, 3.05) is 43.5 Å². The van der Waals surface area contributed by atoms with Gasteiger partial charge in [0.1, 0.15) is 11.6 Å². The quantitative estimate of drug-likeness (QED) is 0.549. The van der Waals surface area contributed by atoms with Gasteiger partial charge in [-0.1, -0.05) is 17.7 Å². The van der Waals surface area contributed by atoms with Gasteiger partial charge in [0.15, 0.2) is 0 Å². The molecule has 2 fully saturated rings. The molecule has 0 spiro atoms. The second-order valence-electron chi connectivity index (χ2n) is 8.71. The Morgan fingerprint density at radius 1 is 1.21 bits per heavy atom. The first kappa shape index (κ1) is 24.7. The number of carbonyl (C=O) groups excluding carboxylic acids is 1. The predicted octanol–water partition coefficient (Wildman–Crippen LogP) is 4.36. The van der Waals surface area contributed by atoms with Gasteiger partial charge >= 0.3 is 6.18 Å². The summed E-state index contributed by atoms with van der Waals surface area (Å²) in [5, 5.41) is 9.04. The maximum atomic E-state index is 13.1. The summed E-state index contributed by atoms with van der Waals surface area (Å²) in [4.78, 5) is 21.4. The highest BCUT2D eigenvalue weighted by atomic mass is 35.5. The summed E-state index contributed by atoms with van der Waals surface area (Å²) in [6.07, 6.45) is -1.19. The number of nitrogens with one attached hydrogen (secondary N) is 3. The number of carbonyl (C=O) groups is 1. The van der Waals surface area contributed by atoms with Crippen LogP contribution in [0.2, 0.25) is 5.02 Å². The third-order valence-electron chi connectivity index (χ3n) is 6.23. The van der Waals surface area contributed by atoms with Crippen LogP contribution in [0.25, 0.3) is 11.3 Å². The Labute approximate surface area is 200 Å². The van der Waals surface area contributed by atoms with E-state index in [1.807, 2.05) is 12.1 Å². The fourth-order valence-electron chi connectivity index (χ4n) is 4.21. The lowest BCUT2D eigenvalue weighted by Crippen LogP contribution is -2.46. The van der Waals surface area contributed by atoms with Crippen LogP contribution in [0.5, 0.6) is 0 Å². The summed E-state index contributed by atoms with van der Waals surface area (Å²) < 4.78 is 44.6. The number of amides is 1. The Bertz CT molecular complexity index is 1000. The molecule has 0 unspecified atom stereocenters. The van der Waals surface area contributed by atoms with E-state index in [2.05, 4.69) is 25.9 Å².